The third kappa shape index (κ3) is 1.76. The van der Waals surface area contributed by atoms with E-state index in [0.29, 0.717) is 12.8 Å². The normalized spacial score (nSPS) is 31.3. The Labute approximate surface area is 64.7 Å². The molecule has 1 saturated carbocycles. The van der Waals surface area contributed by atoms with Gasteiger partial charge in [0.2, 0.25) is 6.04 Å². The van der Waals surface area contributed by atoms with Gasteiger partial charge in [0.05, 0.1) is 5.92 Å². The van der Waals surface area contributed by atoms with E-state index < -0.39 is 6.04 Å². The van der Waals surface area contributed by atoms with E-state index in [1.54, 1.807) is 0 Å². The highest BCUT2D eigenvalue weighted by molar-refractivity contribution is 5.54. The number of hydrogen-bond acceptors (Lipinski definition) is 3. The average molecular weight is 157 g/mol. The van der Waals surface area contributed by atoms with E-state index in [9.17, 15) is 14.9 Å². The molecule has 4 nitrogen and oxygen atoms in total. The Balaban J connectivity index is 2.58. The largest absolute Gasteiger partial charge is 0.303 e. The van der Waals surface area contributed by atoms with Crippen molar-refractivity contribution in [1.29, 1.82) is 0 Å². The fraction of sp³-hybridized carbons (Fsp3) is 0.857. The molecule has 1 aliphatic carbocycles. The van der Waals surface area contributed by atoms with Crippen molar-refractivity contribution in [3.05, 3.63) is 10.1 Å². The summed E-state index contributed by atoms with van der Waals surface area (Å²) in [6, 6.07) is -0.610. The van der Waals surface area contributed by atoms with Crippen LogP contribution < -0.4 is 0 Å². The van der Waals surface area contributed by atoms with Crippen molar-refractivity contribution in [1.82, 2.24) is 0 Å². The number of hydrogen-bond donors (Lipinski definition) is 0. The first-order valence-electron chi connectivity index (χ1n) is 3.84. The lowest BCUT2D eigenvalue weighted by Gasteiger charge is -2.20. The van der Waals surface area contributed by atoms with Crippen LogP contribution in [0, 0.1) is 16.0 Å². The quantitative estimate of drug-likeness (QED) is 0.341. The van der Waals surface area contributed by atoms with Gasteiger partial charge in [-0.25, -0.2) is 0 Å². The fourth-order valence-electron chi connectivity index (χ4n) is 1.56. The second-order valence-corrected chi connectivity index (χ2v) is 2.94. The van der Waals surface area contributed by atoms with Gasteiger partial charge in [-0.1, -0.05) is 6.42 Å². The summed E-state index contributed by atoms with van der Waals surface area (Å²) in [5.74, 6) is -0.334. The number of aldehydes is 1. The number of carbonyl (C=O) groups excluding carboxylic acids is 1. The smallest absolute Gasteiger partial charge is 0.222 e. The number of rotatable bonds is 2. The molecule has 1 rings (SSSR count). The predicted octanol–water partition coefficient (Wildman–Crippen LogP) is 1.02. The molecule has 1 fully saturated rings. The standard InChI is InChI=1S/C7H11NO3/c9-5-6-3-1-2-4-7(6)8(10)11/h5-7H,1-4H2. The highest BCUT2D eigenvalue weighted by Gasteiger charge is 2.33. The molecule has 2 atom stereocenters. The van der Waals surface area contributed by atoms with E-state index in [-0.39, 0.29) is 10.8 Å². The van der Waals surface area contributed by atoms with Gasteiger partial charge in [0.25, 0.3) is 0 Å². The van der Waals surface area contributed by atoms with Crippen LogP contribution in [0.2, 0.25) is 0 Å². The van der Waals surface area contributed by atoms with Crippen LogP contribution in [-0.2, 0) is 4.79 Å². The Hall–Kier alpha value is -0.930. The Morgan fingerprint density at radius 1 is 1.36 bits per heavy atom. The molecule has 0 aromatic rings. The first kappa shape index (κ1) is 8.17. The average Bonchev–Trinajstić information content (AvgIpc) is 2.04. The minimum absolute atomic E-state index is 0.321. The lowest BCUT2D eigenvalue weighted by Crippen LogP contribution is -2.32. The van der Waals surface area contributed by atoms with Crippen LogP contribution in [0.3, 0.4) is 0 Å². The molecule has 0 aromatic heterocycles. The topological polar surface area (TPSA) is 60.2 Å². The van der Waals surface area contributed by atoms with E-state index >= 15 is 0 Å². The maximum absolute atomic E-state index is 10.4. The Morgan fingerprint density at radius 2 is 2.00 bits per heavy atom. The summed E-state index contributed by atoms with van der Waals surface area (Å²) in [5.41, 5.74) is 0. The second kappa shape index (κ2) is 3.46. The highest BCUT2D eigenvalue weighted by Crippen LogP contribution is 2.24. The maximum atomic E-state index is 10.4. The Morgan fingerprint density at radius 3 is 2.45 bits per heavy atom. The van der Waals surface area contributed by atoms with Gasteiger partial charge < -0.3 is 4.79 Å². The van der Waals surface area contributed by atoms with Gasteiger partial charge in [-0.3, -0.25) is 10.1 Å². The first-order valence-corrected chi connectivity index (χ1v) is 3.84. The van der Waals surface area contributed by atoms with Crippen LogP contribution >= 0.6 is 0 Å². The molecule has 1 aliphatic rings. The summed E-state index contributed by atoms with van der Waals surface area (Å²) in [6.45, 7) is 0. The summed E-state index contributed by atoms with van der Waals surface area (Å²) < 4.78 is 0. The van der Waals surface area contributed by atoms with Gasteiger partial charge >= 0.3 is 0 Å². The first-order chi connectivity index (χ1) is 5.25. The summed E-state index contributed by atoms with van der Waals surface area (Å²) >= 11 is 0. The molecule has 0 aromatic carbocycles. The molecule has 0 radical (unpaired) electrons. The second-order valence-electron chi connectivity index (χ2n) is 2.94. The van der Waals surface area contributed by atoms with Crippen molar-refractivity contribution in [3.63, 3.8) is 0 Å². The highest BCUT2D eigenvalue weighted by atomic mass is 16.6. The lowest BCUT2D eigenvalue weighted by atomic mass is 9.86. The van der Waals surface area contributed by atoms with E-state index in [1.165, 1.54) is 0 Å². The molecular formula is C7H11NO3. The fourth-order valence-corrected chi connectivity index (χ4v) is 1.56. The molecule has 0 bridgehead atoms. The summed E-state index contributed by atoms with van der Waals surface area (Å²) in [7, 11) is 0. The minimum Gasteiger partial charge on any atom is -0.303 e. The monoisotopic (exact) mass is 157 g/mol. The molecule has 4 heteroatoms. The van der Waals surface area contributed by atoms with Crippen LogP contribution in [-0.4, -0.2) is 17.3 Å². The molecule has 0 N–H and O–H groups in total. The zero-order valence-corrected chi connectivity index (χ0v) is 6.23. The van der Waals surface area contributed by atoms with Gasteiger partial charge in [0, 0.05) is 11.3 Å². The molecule has 0 aliphatic heterocycles. The summed E-state index contributed by atoms with van der Waals surface area (Å²) in [5, 5.41) is 10.4. The Bertz CT molecular complexity index is 169. The van der Waals surface area contributed by atoms with Crippen LogP contribution in [0.4, 0.5) is 0 Å². The molecule has 0 heterocycles. The SMILES string of the molecule is O=CC1CCCCC1[N+](=O)[O-]. The van der Waals surface area contributed by atoms with Crippen molar-refractivity contribution < 1.29 is 9.72 Å². The third-order valence-electron chi connectivity index (χ3n) is 2.23. The zero-order valence-electron chi connectivity index (χ0n) is 6.23. The van der Waals surface area contributed by atoms with Gasteiger partial charge in [-0.05, 0) is 12.8 Å². The molecule has 0 saturated heterocycles. The van der Waals surface area contributed by atoms with E-state index in [2.05, 4.69) is 0 Å². The molecule has 62 valence electrons. The molecule has 0 amide bonds. The van der Waals surface area contributed by atoms with Gasteiger partial charge in [0.1, 0.15) is 6.29 Å². The zero-order chi connectivity index (χ0) is 8.27. The van der Waals surface area contributed by atoms with Crippen LogP contribution in [0.5, 0.6) is 0 Å². The predicted molar refractivity (Wildman–Crippen MR) is 38.8 cm³/mol. The van der Waals surface area contributed by atoms with E-state index in [0.717, 1.165) is 19.1 Å². The van der Waals surface area contributed by atoms with Crippen molar-refractivity contribution in [2.75, 3.05) is 0 Å². The minimum atomic E-state index is -0.610. The maximum Gasteiger partial charge on any atom is 0.222 e. The van der Waals surface area contributed by atoms with E-state index in [4.69, 9.17) is 0 Å². The Kier molecular flexibility index (Phi) is 2.57. The van der Waals surface area contributed by atoms with E-state index in [1.807, 2.05) is 0 Å². The van der Waals surface area contributed by atoms with Gasteiger partial charge in [-0.15, -0.1) is 0 Å². The summed E-state index contributed by atoms with van der Waals surface area (Å²) in [4.78, 5) is 20.4. The third-order valence-corrected chi connectivity index (χ3v) is 2.23. The number of nitrogens with zero attached hydrogens (tertiary/aromatic N) is 1. The van der Waals surface area contributed by atoms with Crippen molar-refractivity contribution in [3.8, 4) is 0 Å². The van der Waals surface area contributed by atoms with Crippen molar-refractivity contribution >= 4 is 6.29 Å². The lowest BCUT2D eigenvalue weighted by molar-refractivity contribution is -0.532. The summed E-state index contributed by atoms with van der Waals surface area (Å²) in [6.07, 6.45) is 3.82. The van der Waals surface area contributed by atoms with Crippen LogP contribution in [0.1, 0.15) is 25.7 Å². The molecule has 11 heavy (non-hydrogen) atoms. The molecular weight excluding hydrogens is 146 g/mol. The van der Waals surface area contributed by atoms with Crippen molar-refractivity contribution in [2.45, 2.75) is 31.7 Å². The molecule has 2 unspecified atom stereocenters. The van der Waals surface area contributed by atoms with Crippen LogP contribution in [0.15, 0.2) is 0 Å². The molecule has 0 spiro atoms. The van der Waals surface area contributed by atoms with Gasteiger partial charge in [-0.2, -0.15) is 0 Å². The van der Waals surface area contributed by atoms with Crippen LogP contribution in [0.25, 0.3) is 0 Å². The van der Waals surface area contributed by atoms with Crippen molar-refractivity contribution in [2.24, 2.45) is 5.92 Å². The number of carbonyl (C=O) groups is 1. The van der Waals surface area contributed by atoms with Gasteiger partial charge in [0.15, 0.2) is 0 Å². The number of nitro groups is 1.